The van der Waals surface area contributed by atoms with E-state index >= 15 is 0 Å². The molecule has 0 bridgehead atoms. The fourth-order valence-electron chi connectivity index (χ4n) is 4.04. The number of nitrogens with one attached hydrogen (secondary N) is 2. The van der Waals surface area contributed by atoms with Crippen LogP contribution >= 0.6 is 24.0 Å². The summed E-state index contributed by atoms with van der Waals surface area (Å²) < 4.78 is 11.0. The van der Waals surface area contributed by atoms with Gasteiger partial charge in [-0.05, 0) is 25.0 Å². The number of benzene rings is 1. The van der Waals surface area contributed by atoms with Crippen molar-refractivity contribution in [3.8, 4) is 0 Å². The molecule has 2 fully saturated rings. The Kier molecular flexibility index (Phi) is 11.4. The first-order valence-corrected chi connectivity index (χ1v) is 10.8. The normalized spacial score (nSPS) is 22.2. The number of hydrogen-bond donors (Lipinski definition) is 2. The van der Waals surface area contributed by atoms with Gasteiger partial charge < -0.3 is 20.1 Å². The summed E-state index contributed by atoms with van der Waals surface area (Å²) in [4.78, 5) is 9.37. The smallest absolute Gasteiger partial charge is 0.191 e. The van der Waals surface area contributed by atoms with E-state index in [0.29, 0.717) is 12.1 Å². The minimum absolute atomic E-state index is 0. The number of ether oxygens (including phenoxy) is 2. The van der Waals surface area contributed by atoms with Crippen molar-refractivity contribution in [3.63, 3.8) is 0 Å². The lowest BCUT2D eigenvalue weighted by Gasteiger charge is -2.38. The van der Waals surface area contributed by atoms with Crippen LogP contribution in [0.25, 0.3) is 0 Å². The van der Waals surface area contributed by atoms with E-state index < -0.39 is 0 Å². The third-order valence-electron chi connectivity index (χ3n) is 5.84. The van der Waals surface area contributed by atoms with Crippen molar-refractivity contribution in [1.29, 1.82) is 0 Å². The predicted molar refractivity (Wildman–Crippen MR) is 133 cm³/mol. The molecular formula is C22H38IN5O2. The van der Waals surface area contributed by atoms with Gasteiger partial charge in [0.15, 0.2) is 5.96 Å². The van der Waals surface area contributed by atoms with Crippen LogP contribution < -0.4 is 10.6 Å². The van der Waals surface area contributed by atoms with E-state index in [-0.39, 0.29) is 24.0 Å². The number of rotatable bonds is 7. The molecule has 2 atom stereocenters. The molecule has 2 N–H and O–H groups in total. The Morgan fingerprint density at radius 2 is 1.80 bits per heavy atom. The second kappa shape index (κ2) is 13.5. The topological polar surface area (TPSA) is 61.4 Å². The number of halogens is 1. The lowest BCUT2D eigenvalue weighted by atomic mass is 10.1. The van der Waals surface area contributed by atoms with Gasteiger partial charge in [0.25, 0.3) is 0 Å². The molecule has 7 nitrogen and oxygen atoms in total. The van der Waals surface area contributed by atoms with Crippen LogP contribution in [0.2, 0.25) is 0 Å². The lowest BCUT2D eigenvalue weighted by Crippen LogP contribution is -2.53. The van der Waals surface area contributed by atoms with Gasteiger partial charge in [-0.2, -0.15) is 0 Å². The molecule has 0 amide bonds. The molecule has 8 heteroatoms. The molecule has 2 unspecified atom stereocenters. The third kappa shape index (κ3) is 7.64. The summed E-state index contributed by atoms with van der Waals surface area (Å²) in [6.45, 7) is 13.4. The van der Waals surface area contributed by atoms with Gasteiger partial charge in [-0.25, -0.2) is 0 Å². The molecule has 30 heavy (non-hydrogen) atoms. The quantitative estimate of drug-likeness (QED) is 0.319. The van der Waals surface area contributed by atoms with Gasteiger partial charge in [-0.15, -0.1) is 24.0 Å². The Morgan fingerprint density at radius 3 is 2.50 bits per heavy atom. The molecule has 2 aliphatic rings. The monoisotopic (exact) mass is 531 g/mol. The van der Waals surface area contributed by atoms with Gasteiger partial charge >= 0.3 is 0 Å². The molecule has 0 saturated carbocycles. The zero-order valence-corrected chi connectivity index (χ0v) is 20.9. The Morgan fingerprint density at radius 1 is 1.10 bits per heavy atom. The van der Waals surface area contributed by atoms with Gasteiger partial charge in [0.05, 0.1) is 26.4 Å². The molecule has 2 saturated heterocycles. The molecule has 0 aromatic heterocycles. The van der Waals surface area contributed by atoms with Gasteiger partial charge in [0.2, 0.25) is 0 Å². The van der Waals surface area contributed by atoms with Crippen LogP contribution in [0.3, 0.4) is 0 Å². The SMILES string of the molecule is CN=C(NCc1ccccc1CN1CCOCC1)NCC(C)N1CCOCC1C.I. The summed E-state index contributed by atoms with van der Waals surface area (Å²) >= 11 is 0. The van der Waals surface area contributed by atoms with Gasteiger partial charge in [0.1, 0.15) is 0 Å². The van der Waals surface area contributed by atoms with E-state index in [4.69, 9.17) is 9.47 Å². The predicted octanol–water partition coefficient (Wildman–Crippen LogP) is 1.91. The highest BCUT2D eigenvalue weighted by molar-refractivity contribution is 14.0. The van der Waals surface area contributed by atoms with E-state index in [1.807, 2.05) is 7.05 Å². The lowest BCUT2D eigenvalue weighted by molar-refractivity contribution is -0.0174. The summed E-state index contributed by atoms with van der Waals surface area (Å²) in [6, 6.07) is 9.55. The molecule has 1 aromatic carbocycles. The van der Waals surface area contributed by atoms with Gasteiger partial charge in [0, 0.05) is 58.4 Å². The Labute approximate surface area is 198 Å². The highest BCUT2D eigenvalue weighted by Crippen LogP contribution is 2.13. The highest BCUT2D eigenvalue weighted by atomic mass is 127. The Bertz CT molecular complexity index is 654. The van der Waals surface area contributed by atoms with Crippen LogP contribution in [0.5, 0.6) is 0 Å². The van der Waals surface area contributed by atoms with E-state index in [2.05, 4.69) is 63.5 Å². The number of morpholine rings is 2. The zero-order valence-electron chi connectivity index (χ0n) is 18.6. The molecule has 3 rings (SSSR count). The van der Waals surface area contributed by atoms with Crippen molar-refractivity contribution in [2.45, 2.75) is 39.0 Å². The van der Waals surface area contributed by atoms with E-state index in [1.54, 1.807) is 0 Å². The van der Waals surface area contributed by atoms with Gasteiger partial charge in [-0.3, -0.25) is 14.8 Å². The van der Waals surface area contributed by atoms with E-state index in [0.717, 1.165) is 71.7 Å². The average Bonchev–Trinajstić information content (AvgIpc) is 2.76. The molecule has 0 aliphatic carbocycles. The fraction of sp³-hybridized carbons (Fsp3) is 0.682. The fourth-order valence-corrected chi connectivity index (χ4v) is 4.04. The first-order chi connectivity index (χ1) is 14.2. The minimum Gasteiger partial charge on any atom is -0.379 e. The average molecular weight is 531 g/mol. The van der Waals surface area contributed by atoms with Crippen molar-refractivity contribution in [2.24, 2.45) is 4.99 Å². The van der Waals surface area contributed by atoms with Crippen molar-refractivity contribution >= 4 is 29.9 Å². The number of hydrogen-bond acceptors (Lipinski definition) is 5. The van der Waals surface area contributed by atoms with E-state index in [1.165, 1.54) is 11.1 Å². The van der Waals surface area contributed by atoms with Crippen molar-refractivity contribution in [2.75, 3.05) is 59.7 Å². The summed E-state index contributed by atoms with van der Waals surface area (Å²) in [5.74, 6) is 0.846. The molecule has 0 spiro atoms. The maximum Gasteiger partial charge on any atom is 0.191 e. The minimum atomic E-state index is 0. The molecule has 170 valence electrons. The maximum absolute atomic E-state index is 5.55. The summed E-state index contributed by atoms with van der Waals surface area (Å²) in [7, 11) is 1.83. The molecule has 1 aromatic rings. The Hall–Kier alpha value is -0.940. The number of aliphatic imine (C=N–C) groups is 1. The van der Waals surface area contributed by atoms with Crippen molar-refractivity contribution in [3.05, 3.63) is 35.4 Å². The number of nitrogens with zero attached hydrogens (tertiary/aromatic N) is 3. The van der Waals surface area contributed by atoms with Crippen LogP contribution in [0, 0.1) is 0 Å². The third-order valence-corrected chi connectivity index (χ3v) is 5.84. The highest BCUT2D eigenvalue weighted by Gasteiger charge is 2.23. The molecule has 2 heterocycles. The first-order valence-electron chi connectivity index (χ1n) is 10.8. The molecule has 2 aliphatic heterocycles. The largest absolute Gasteiger partial charge is 0.379 e. The van der Waals surface area contributed by atoms with Crippen LogP contribution in [0.15, 0.2) is 29.3 Å². The summed E-state index contributed by atoms with van der Waals surface area (Å²) in [6.07, 6.45) is 0. The van der Waals surface area contributed by atoms with Crippen molar-refractivity contribution < 1.29 is 9.47 Å². The van der Waals surface area contributed by atoms with E-state index in [9.17, 15) is 0 Å². The van der Waals surface area contributed by atoms with Crippen molar-refractivity contribution in [1.82, 2.24) is 20.4 Å². The van der Waals surface area contributed by atoms with Crippen LogP contribution in [-0.2, 0) is 22.6 Å². The molecule has 0 radical (unpaired) electrons. The number of guanidine groups is 1. The molecular weight excluding hydrogens is 493 g/mol. The second-order valence-electron chi connectivity index (χ2n) is 7.97. The summed E-state index contributed by atoms with van der Waals surface area (Å²) in [5.41, 5.74) is 2.68. The van der Waals surface area contributed by atoms with Crippen LogP contribution in [-0.4, -0.2) is 87.5 Å². The van der Waals surface area contributed by atoms with Gasteiger partial charge in [-0.1, -0.05) is 24.3 Å². The zero-order chi connectivity index (χ0) is 20.5. The summed E-state index contributed by atoms with van der Waals surface area (Å²) in [5, 5.41) is 6.97. The second-order valence-corrected chi connectivity index (χ2v) is 7.97. The maximum atomic E-state index is 5.55. The standard InChI is InChI=1S/C22H37N5O2.HI/c1-18(27-10-13-29-17-19(27)2)14-24-22(23-3)25-15-20-6-4-5-7-21(20)16-26-8-11-28-12-9-26;/h4-7,18-19H,8-17H2,1-3H3,(H2,23,24,25);1H. The van der Waals surface area contributed by atoms with Crippen LogP contribution in [0.4, 0.5) is 0 Å². The van der Waals surface area contributed by atoms with Crippen LogP contribution in [0.1, 0.15) is 25.0 Å². The Balaban J connectivity index is 0.00000320. The first kappa shape index (κ1) is 25.3.